The summed E-state index contributed by atoms with van der Waals surface area (Å²) in [5, 5.41) is 0. The summed E-state index contributed by atoms with van der Waals surface area (Å²) in [6.07, 6.45) is 5.67. The van der Waals surface area contributed by atoms with E-state index in [2.05, 4.69) is 9.97 Å². The van der Waals surface area contributed by atoms with Gasteiger partial charge in [0.15, 0.2) is 0 Å². The van der Waals surface area contributed by atoms with Crippen molar-refractivity contribution in [3.63, 3.8) is 0 Å². The Balaban J connectivity index is 1.46. The molecule has 1 aliphatic rings. The van der Waals surface area contributed by atoms with Crippen molar-refractivity contribution in [3.05, 3.63) is 54.1 Å². The van der Waals surface area contributed by atoms with Gasteiger partial charge in [0.05, 0.1) is 13.3 Å². The summed E-state index contributed by atoms with van der Waals surface area (Å²) in [5.41, 5.74) is 1.45. The Hall–Kier alpha value is -2.96. The zero-order valence-corrected chi connectivity index (χ0v) is 14.8. The molecule has 0 bridgehead atoms. The lowest BCUT2D eigenvalue weighted by Gasteiger charge is -2.34. The van der Waals surface area contributed by atoms with Crippen LogP contribution in [0, 0.1) is 0 Å². The summed E-state index contributed by atoms with van der Waals surface area (Å²) in [5.74, 6) is 0.792. The van der Waals surface area contributed by atoms with Gasteiger partial charge in [0.2, 0.25) is 5.91 Å². The number of benzene rings is 1. The van der Waals surface area contributed by atoms with Gasteiger partial charge in [-0.3, -0.25) is 14.6 Å². The standard InChI is InChI=1S/C19H22N4O3/c1-26-16-5-2-15(3-6-16)4-7-18(24)22-10-12-23(13-11-22)19(25)17-14-20-8-9-21-17/h2-3,5-6,8-9,14H,4,7,10-13H2,1H3. The average molecular weight is 354 g/mol. The first-order chi connectivity index (χ1) is 12.7. The van der Waals surface area contributed by atoms with Crippen LogP contribution in [0.2, 0.25) is 0 Å². The Labute approximate surface area is 152 Å². The van der Waals surface area contributed by atoms with Crippen molar-refractivity contribution in [2.45, 2.75) is 12.8 Å². The number of carbonyl (C=O) groups excluding carboxylic acids is 2. The van der Waals surface area contributed by atoms with Crippen LogP contribution in [-0.4, -0.2) is 64.9 Å². The molecule has 136 valence electrons. The molecule has 0 saturated carbocycles. The average Bonchev–Trinajstić information content (AvgIpc) is 2.72. The number of hydrogen-bond donors (Lipinski definition) is 0. The summed E-state index contributed by atoms with van der Waals surface area (Å²) in [4.78, 5) is 36.3. The van der Waals surface area contributed by atoms with E-state index in [0.717, 1.165) is 11.3 Å². The molecule has 7 heteroatoms. The van der Waals surface area contributed by atoms with E-state index in [1.165, 1.54) is 18.6 Å². The van der Waals surface area contributed by atoms with Gasteiger partial charge in [-0.05, 0) is 24.1 Å². The highest BCUT2D eigenvalue weighted by Crippen LogP contribution is 2.14. The third kappa shape index (κ3) is 4.36. The van der Waals surface area contributed by atoms with Crippen molar-refractivity contribution in [3.8, 4) is 5.75 Å². The van der Waals surface area contributed by atoms with Crippen molar-refractivity contribution in [1.82, 2.24) is 19.8 Å². The molecule has 0 aliphatic carbocycles. The summed E-state index contributed by atoms with van der Waals surface area (Å²) >= 11 is 0. The zero-order chi connectivity index (χ0) is 18.4. The van der Waals surface area contributed by atoms with Crippen LogP contribution in [0.4, 0.5) is 0 Å². The van der Waals surface area contributed by atoms with Crippen molar-refractivity contribution in [2.75, 3.05) is 33.3 Å². The third-order valence-electron chi connectivity index (χ3n) is 4.49. The second-order valence-corrected chi connectivity index (χ2v) is 6.11. The van der Waals surface area contributed by atoms with Crippen molar-refractivity contribution in [1.29, 1.82) is 0 Å². The second kappa shape index (κ2) is 8.42. The second-order valence-electron chi connectivity index (χ2n) is 6.11. The first-order valence-electron chi connectivity index (χ1n) is 8.63. The van der Waals surface area contributed by atoms with E-state index in [0.29, 0.717) is 44.7 Å². The van der Waals surface area contributed by atoms with Gasteiger partial charge >= 0.3 is 0 Å². The Bertz CT molecular complexity index is 741. The maximum atomic E-state index is 12.4. The minimum Gasteiger partial charge on any atom is -0.497 e. The molecule has 2 aromatic rings. The van der Waals surface area contributed by atoms with E-state index in [-0.39, 0.29) is 11.8 Å². The molecular weight excluding hydrogens is 332 g/mol. The SMILES string of the molecule is COc1ccc(CCC(=O)N2CCN(C(=O)c3cnccn3)CC2)cc1. The molecule has 2 heterocycles. The Morgan fingerprint density at radius 3 is 2.35 bits per heavy atom. The van der Waals surface area contributed by atoms with Crippen LogP contribution in [0.3, 0.4) is 0 Å². The topological polar surface area (TPSA) is 75.6 Å². The molecule has 0 spiro atoms. The monoisotopic (exact) mass is 354 g/mol. The molecule has 1 saturated heterocycles. The van der Waals surface area contributed by atoms with Crippen LogP contribution in [-0.2, 0) is 11.2 Å². The first-order valence-corrected chi connectivity index (χ1v) is 8.63. The lowest BCUT2D eigenvalue weighted by molar-refractivity contribution is -0.132. The molecule has 0 atom stereocenters. The van der Waals surface area contributed by atoms with Gasteiger partial charge < -0.3 is 14.5 Å². The third-order valence-corrected chi connectivity index (χ3v) is 4.49. The Morgan fingerprint density at radius 2 is 1.73 bits per heavy atom. The van der Waals surface area contributed by atoms with Crippen LogP contribution in [0.25, 0.3) is 0 Å². The van der Waals surface area contributed by atoms with E-state index >= 15 is 0 Å². The number of carbonyl (C=O) groups is 2. The molecule has 0 unspecified atom stereocenters. The minimum absolute atomic E-state index is 0.118. The molecule has 26 heavy (non-hydrogen) atoms. The molecule has 3 rings (SSSR count). The number of methoxy groups -OCH3 is 1. The summed E-state index contributed by atoms with van der Waals surface area (Å²) in [7, 11) is 1.63. The van der Waals surface area contributed by atoms with E-state index in [1.807, 2.05) is 29.2 Å². The Kier molecular flexibility index (Phi) is 5.78. The minimum atomic E-state index is -0.136. The van der Waals surface area contributed by atoms with Crippen LogP contribution in [0.1, 0.15) is 22.5 Å². The first kappa shape index (κ1) is 17.8. The fourth-order valence-electron chi connectivity index (χ4n) is 2.93. The van der Waals surface area contributed by atoms with Gasteiger partial charge in [0, 0.05) is 45.0 Å². The van der Waals surface area contributed by atoms with E-state index in [4.69, 9.17) is 4.74 Å². The molecule has 0 radical (unpaired) electrons. The smallest absolute Gasteiger partial charge is 0.274 e. The summed E-state index contributed by atoms with van der Waals surface area (Å²) < 4.78 is 5.14. The highest BCUT2D eigenvalue weighted by Gasteiger charge is 2.25. The summed E-state index contributed by atoms with van der Waals surface area (Å²) in [6, 6.07) is 7.75. The van der Waals surface area contributed by atoms with E-state index < -0.39 is 0 Å². The predicted molar refractivity (Wildman–Crippen MR) is 95.8 cm³/mol. The maximum Gasteiger partial charge on any atom is 0.274 e. The van der Waals surface area contributed by atoms with Crippen LogP contribution < -0.4 is 4.74 Å². The molecule has 1 aliphatic heterocycles. The summed E-state index contributed by atoms with van der Waals surface area (Å²) in [6.45, 7) is 2.13. The highest BCUT2D eigenvalue weighted by molar-refractivity contribution is 5.92. The largest absolute Gasteiger partial charge is 0.497 e. The van der Waals surface area contributed by atoms with Gasteiger partial charge in [0.25, 0.3) is 5.91 Å². The van der Waals surface area contributed by atoms with Gasteiger partial charge in [-0.2, -0.15) is 0 Å². The van der Waals surface area contributed by atoms with Gasteiger partial charge in [-0.15, -0.1) is 0 Å². The fourth-order valence-corrected chi connectivity index (χ4v) is 2.93. The molecule has 1 fully saturated rings. The number of amides is 2. The number of hydrogen-bond acceptors (Lipinski definition) is 5. The van der Waals surface area contributed by atoms with Crippen molar-refractivity contribution >= 4 is 11.8 Å². The molecule has 1 aromatic carbocycles. The number of aryl methyl sites for hydroxylation is 1. The van der Waals surface area contributed by atoms with Gasteiger partial charge in [-0.25, -0.2) is 4.98 Å². The lowest BCUT2D eigenvalue weighted by atomic mass is 10.1. The zero-order valence-electron chi connectivity index (χ0n) is 14.8. The van der Waals surface area contributed by atoms with Gasteiger partial charge in [-0.1, -0.05) is 12.1 Å². The number of ether oxygens (including phenoxy) is 1. The predicted octanol–water partition coefficient (Wildman–Crippen LogP) is 1.40. The normalized spacial score (nSPS) is 14.2. The van der Waals surface area contributed by atoms with Crippen LogP contribution in [0.15, 0.2) is 42.9 Å². The molecule has 2 amide bonds. The van der Waals surface area contributed by atoms with Crippen molar-refractivity contribution < 1.29 is 14.3 Å². The van der Waals surface area contributed by atoms with E-state index in [9.17, 15) is 9.59 Å². The van der Waals surface area contributed by atoms with E-state index in [1.54, 1.807) is 12.0 Å². The fraction of sp³-hybridized carbons (Fsp3) is 0.368. The molecule has 0 N–H and O–H groups in total. The number of rotatable bonds is 5. The van der Waals surface area contributed by atoms with Crippen LogP contribution in [0.5, 0.6) is 5.75 Å². The molecule has 7 nitrogen and oxygen atoms in total. The number of piperazine rings is 1. The van der Waals surface area contributed by atoms with Crippen LogP contribution >= 0.6 is 0 Å². The molecular formula is C19H22N4O3. The Morgan fingerprint density at radius 1 is 1.04 bits per heavy atom. The highest BCUT2D eigenvalue weighted by atomic mass is 16.5. The number of nitrogens with zero attached hydrogens (tertiary/aromatic N) is 4. The van der Waals surface area contributed by atoms with Crippen molar-refractivity contribution in [2.24, 2.45) is 0 Å². The number of aromatic nitrogens is 2. The maximum absolute atomic E-state index is 12.4. The molecule has 1 aromatic heterocycles. The quantitative estimate of drug-likeness (QED) is 0.811. The van der Waals surface area contributed by atoms with Gasteiger partial charge in [0.1, 0.15) is 11.4 Å². The lowest BCUT2D eigenvalue weighted by Crippen LogP contribution is -2.50.